The third-order valence-electron chi connectivity index (χ3n) is 4.27. The van der Waals surface area contributed by atoms with Crippen LogP contribution in [0.25, 0.3) is 0 Å². The van der Waals surface area contributed by atoms with Crippen molar-refractivity contribution in [2.24, 2.45) is 0 Å². The van der Waals surface area contributed by atoms with Gasteiger partial charge in [-0.3, -0.25) is 4.79 Å². The van der Waals surface area contributed by atoms with Crippen molar-refractivity contribution < 1.29 is 19.1 Å². The number of hydrogen-bond acceptors (Lipinski definition) is 4. The van der Waals surface area contributed by atoms with Crippen molar-refractivity contribution in [2.45, 2.75) is 13.3 Å². The van der Waals surface area contributed by atoms with Crippen LogP contribution in [0.5, 0.6) is 5.75 Å². The van der Waals surface area contributed by atoms with Gasteiger partial charge < -0.3 is 14.8 Å². The van der Waals surface area contributed by atoms with Crippen LogP contribution in [0.2, 0.25) is 0 Å². The normalized spacial score (nSPS) is 10.2. The maximum atomic E-state index is 12.4. The number of rotatable bonds is 8. The molecule has 0 atom stereocenters. The Bertz CT molecular complexity index is 969. The Hall–Kier alpha value is -3.60. The lowest BCUT2D eigenvalue weighted by atomic mass is 10.0. The molecular weight excluding hydrogens is 366 g/mol. The van der Waals surface area contributed by atoms with Crippen molar-refractivity contribution in [3.63, 3.8) is 0 Å². The molecule has 0 unspecified atom stereocenters. The molecule has 1 N–H and O–H groups in total. The lowest BCUT2D eigenvalue weighted by Gasteiger charge is -2.13. The number of para-hydroxylation sites is 2. The maximum Gasteiger partial charge on any atom is 0.340 e. The molecule has 5 heteroatoms. The lowest BCUT2D eigenvalue weighted by molar-refractivity contribution is -0.118. The first-order valence-electron chi connectivity index (χ1n) is 9.48. The number of carbonyl (C=O) groups is 2. The summed E-state index contributed by atoms with van der Waals surface area (Å²) in [6.07, 6.45) is 0.713. The van der Waals surface area contributed by atoms with E-state index in [0.29, 0.717) is 23.4 Å². The molecule has 0 spiro atoms. The highest BCUT2D eigenvalue weighted by atomic mass is 16.5. The molecule has 0 aromatic heterocycles. The van der Waals surface area contributed by atoms with E-state index in [1.54, 1.807) is 31.2 Å². The second kappa shape index (κ2) is 10.1. The van der Waals surface area contributed by atoms with Crippen LogP contribution in [-0.2, 0) is 16.0 Å². The van der Waals surface area contributed by atoms with Gasteiger partial charge in [0.15, 0.2) is 6.61 Å². The van der Waals surface area contributed by atoms with Crippen LogP contribution in [0, 0.1) is 0 Å². The Morgan fingerprint density at radius 3 is 2.34 bits per heavy atom. The van der Waals surface area contributed by atoms with Crippen LogP contribution < -0.4 is 10.1 Å². The van der Waals surface area contributed by atoms with E-state index < -0.39 is 5.97 Å². The van der Waals surface area contributed by atoms with Crippen molar-refractivity contribution in [2.75, 3.05) is 18.5 Å². The van der Waals surface area contributed by atoms with Crippen LogP contribution in [-0.4, -0.2) is 25.1 Å². The molecule has 148 valence electrons. The van der Waals surface area contributed by atoms with Crippen molar-refractivity contribution in [3.8, 4) is 5.75 Å². The van der Waals surface area contributed by atoms with Crippen LogP contribution in [0.15, 0.2) is 78.9 Å². The summed E-state index contributed by atoms with van der Waals surface area (Å²) < 4.78 is 10.8. The van der Waals surface area contributed by atoms with Gasteiger partial charge in [0.25, 0.3) is 5.91 Å². The molecule has 3 aromatic rings. The molecule has 5 nitrogen and oxygen atoms in total. The number of esters is 1. The summed E-state index contributed by atoms with van der Waals surface area (Å²) in [6.45, 7) is 1.84. The lowest BCUT2D eigenvalue weighted by Crippen LogP contribution is -2.22. The molecule has 1 amide bonds. The maximum absolute atomic E-state index is 12.4. The van der Waals surface area contributed by atoms with E-state index in [1.165, 1.54) is 0 Å². The summed E-state index contributed by atoms with van der Waals surface area (Å²) in [5, 5.41) is 2.72. The average molecular weight is 389 g/mol. The number of carbonyl (C=O) groups excluding carboxylic acids is 2. The monoisotopic (exact) mass is 389 g/mol. The minimum absolute atomic E-state index is 0.164. The molecule has 3 rings (SSSR count). The van der Waals surface area contributed by atoms with Crippen LogP contribution in [0.3, 0.4) is 0 Å². The minimum atomic E-state index is -0.475. The second-order valence-corrected chi connectivity index (χ2v) is 6.37. The van der Waals surface area contributed by atoms with Gasteiger partial charge in [0.1, 0.15) is 5.75 Å². The van der Waals surface area contributed by atoms with Crippen molar-refractivity contribution in [1.29, 1.82) is 0 Å². The van der Waals surface area contributed by atoms with Gasteiger partial charge in [0.05, 0.1) is 17.9 Å². The third kappa shape index (κ3) is 5.69. The standard InChI is InChI=1S/C24H23NO4/c1-2-28-24(27)20-13-7-8-14-21(20)25-23(26)17-29-22-15-9-6-12-19(22)16-18-10-4-3-5-11-18/h3-15H,2,16-17H2,1H3,(H,25,26). The predicted molar refractivity (Wildman–Crippen MR) is 112 cm³/mol. The van der Waals surface area contributed by atoms with Gasteiger partial charge in [-0.15, -0.1) is 0 Å². The number of benzene rings is 3. The summed E-state index contributed by atoms with van der Waals surface area (Å²) in [7, 11) is 0. The third-order valence-corrected chi connectivity index (χ3v) is 4.27. The Balaban J connectivity index is 1.64. The molecule has 0 saturated carbocycles. The van der Waals surface area contributed by atoms with Gasteiger partial charge in [0, 0.05) is 6.42 Å². The van der Waals surface area contributed by atoms with E-state index in [4.69, 9.17) is 9.47 Å². The highest BCUT2D eigenvalue weighted by Gasteiger charge is 2.14. The zero-order valence-corrected chi connectivity index (χ0v) is 16.3. The van der Waals surface area contributed by atoms with E-state index in [9.17, 15) is 9.59 Å². The molecule has 0 aliphatic rings. The van der Waals surface area contributed by atoms with Gasteiger partial charge in [0.2, 0.25) is 0 Å². The second-order valence-electron chi connectivity index (χ2n) is 6.37. The molecule has 3 aromatic carbocycles. The van der Waals surface area contributed by atoms with Crippen LogP contribution in [0.4, 0.5) is 5.69 Å². The molecule has 0 saturated heterocycles. The van der Waals surface area contributed by atoms with Crippen molar-refractivity contribution in [1.82, 2.24) is 0 Å². The largest absolute Gasteiger partial charge is 0.483 e. The van der Waals surface area contributed by atoms with Crippen molar-refractivity contribution >= 4 is 17.6 Å². The Labute approximate surface area is 170 Å². The smallest absolute Gasteiger partial charge is 0.340 e. The molecular formula is C24H23NO4. The topological polar surface area (TPSA) is 64.6 Å². The number of nitrogens with one attached hydrogen (secondary N) is 1. The Kier molecular flexibility index (Phi) is 7.00. The predicted octanol–water partition coefficient (Wildman–Crippen LogP) is 4.47. The highest BCUT2D eigenvalue weighted by molar-refractivity contribution is 6.01. The summed E-state index contributed by atoms with van der Waals surface area (Å²) in [5.74, 6) is -0.168. The number of anilines is 1. The number of hydrogen-bond donors (Lipinski definition) is 1. The molecule has 0 aliphatic heterocycles. The molecule has 0 radical (unpaired) electrons. The van der Waals surface area contributed by atoms with E-state index in [-0.39, 0.29) is 19.1 Å². The average Bonchev–Trinajstić information content (AvgIpc) is 2.74. The van der Waals surface area contributed by atoms with Crippen molar-refractivity contribution in [3.05, 3.63) is 95.6 Å². The van der Waals surface area contributed by atoms with E-state index in [1.807, 2.05) is 42.5 Å². The summed E-state index contributed by atoms with van der Waals surface area (Å²) in [6, 6.07) is 24.5. The fourth-order valence-corrected chi connectivity index (χ4v) is 2.92. The van der Waals surface area contributed by atoms with E-state index in [2.05, 4.69) is 17.4 Å². The van der Waals surface area contributed by atoms with Gasteiger partial charge in [-0.2, -0.15) is 0 Å². The van der Waals surface area contributed by atoms with Gasteiger partial charge in [-0.25, -0.2) is 4.79 Å². The van der Waals surface area contributed by atoms with E-state index >= 15 is 0 Å². The van der Waals surface area contributed by atoms with Gasteiger partial charge in [-0.05, 0) is 36.2 Å². The molecule has 29 heavy (non-hydrogen) atoms. The summed E-state index contributed by atoms with van der Waals surface area (Å²) in [4.78, 5) is 24.4. The quantitative estimate of drug-likeness (QED) is 0.577. The molecule has 0 bridgehead atoms. The first-order chi connectivity index (χ1) is 14.2. The Morgan fingerprint density at radius 2 is 1.55 bits per heavy atom. The molecule has 0 heterocycles. The van der Waals surface area contributed by atoms with Crippen LogP contribution >= 0.6 is 0 Å². The zero-order chi connectivity index (χ0) is 20.5. The highest BCUT2D eigenvalue weighted by Crippen LogP contribution is 2.22. The first-order valence-corrected chi connectivity index (χ1v) is 9.48. The fourth-order valence-electron chi connectivity index (χ4n) is 2.92. The number of amides is 1. The Morgan fingerprint density at radius 1 is 0.862 bits per heavy atom. The summed E-state index contributed by atoms with van der Waals surface area (Å²) >= 11 is 0. The van der Waals surface area contributed by atoms with Gasteiger partial charge in [-0.1, -0.05) is 60.7 Å². The number of ether oxygens (including phenoxy) is 2. The minimum Gasteiger partial charge on any atom is -0.483 e. The molecule has 0 aliphatic carbocycles. The fraction of sp³-hybridized carbons (Fsp3) is 0.167. The van der Waals surface area contributed by atoms with E-state index in [0.717, 1.165) is 11.1 Å². The zero-order valence-electron chi connectivity index (χ0n) is 16.3. The van der Waals surface area contributed by atoms with Crippen LogP contribution in [0.1, 0.15) is 28.4 Å². The SMILES string of the molecule is CCOC(=O)c1ccccc1NC(=O)COc1ccccc1Cc1ccccc1. The molecule has 0 fully saturated rings. The summed E-state index contributed by atoms with van der Waals surface area (Å²) in [5.41, 5.74) is 2.87. The first kappa shape index (κ1) is 20.1. The van der Waals surface area contributed by atoms with Gasteiger partial charge >= 0.3 is 5.97 Å².